The first-order chi connectivity index (χ1) is 11.4. The number of aromatic nitrogens is 1. The van der Waals surface area contributed by atoms with E-state index in [0.29, 0.717) is 23.8 Å². The van der Waals surface area contributed by atoms with Gasteiger partial charge in [-0.15, -0.1) is 11.3 Å². The Kier molecular flexibility index (Phi) is 6.49. The molecule has 0 atom stereocenters. The number of amides is 1. The average Bonchev–Trinajstić information content (AvgIpc) is 3.01. The van der Waals surface area contributed by atoms with Gasteiger partial charge in [-0.2, -0.15) is 0 Å². The minimum Gasteiger partial charge on any atom is -0.476 e. The number of hydrogen-bond donors (Lipinski definition) is 2. The van der Waals surface area contributed by atoms with Crippen LogP contribution in [-0.4, -0.2) is 22.0 Å². The lowest BCUT2D eigenvalue weighted by Crippen LogP contribution is -2.23. The van der Waals surface area contributed by atoms with E-state index in [9.17, 15) is 9.59 Å². The second kappa shape index (κ2) is 8.59. The third-order valence-corrected chi connectivity index (χ3v) is 4.36. The molecule has 24 heavy (non-hydrogen) atoms. The quantitative estimate of drug-likeness (QED) is 0.769. The second-order valence-corrected chi connectivity index (χ2v) is 7.07. The number of carbonyl (C=O) groups excluding carboxylic acids is 1. The standard InChI is InChI=1S/C18H22N2O3S/c1-12(2)9-14-5-3-13(4-6-14)7-8-16(21)19-10-17-20-15(11-24-17)18(22)23/h3-6,11-12H,7-10H2,1-2H3,(H,19,21)(H,22,23). The summed E-state index contributed by atoms with van der Waals surface area (Å²) in [6.07, 6.45) is 2.15. The molecule has 0 unspecified atom stereocenters. The van der Waals surface area contributed by atoms with Crippen LogP contribution in [0, 0.1) is 5.92 Å². The molecule has 2 rings (SSSR count). The number of hydrogen-bond acceptors (Lipinski definition) is 4. The predicted octanol–water partition coefficient (Wildman–Crippen LogP) is 3.29. The van der Waals surface area contributed by atoms with Crippen molar-refractivity contribution in [2.24, 2.45) is 5.92 Å². The molecule has 1 aromatic carbocycles. The number of carboxylic acid groups (broad SMARTS) is 1. The van der Waals surface area contributed by atoms with Crippen molar-refractivity contribution in [1.82, 2.24) is 10.3 Å². The summed E-state index contributed by atoms with van der Waals surface area (Å²) in [4.78, 5) is 26.6. The Labute approximate surface area is 145 Å². The van der Waals surface area contributed by atoms with Crippen LogP contribution in [0.5, 0.6) is 0 Å². The summed E-state index contributed by atoms with van der Waals surface area (Å²) in [5.74, 6) is -0.479. The van der Waals surface area contributed by atoms with E-state index in [4.69, 9.17) is 5.11 Å². The van der Waals surface area contributed by atoms with Crippen LogP contribution in [0.1, 0.15) is 46.9 Å². The fourth-order valence-corrected chi connectivity index (χ4v) is 3.03. The monoisotopic (exact) mass is 346 g/mol. The maximum atomic E-state index is 11.9. The zero-order chi connectivity index (χ0) is 17.5. The molecule has 0 bridgehead atoms. The van der Waals surface area contributed by atoms with E-state index in [1.54, 1.807) is 0 Å². The summed E-state index contributed by atoms with van der Waals surface area (Å²) in [6, 6.07) is 8.39. The van der Waals surface area contributed by atoms with Crippen molar-refractivity contribution in [3.05, 3.63) is 51.5 Å². The van der Waals surface area contributed by atoms with Crippen molar-refractivity contribution in [1.29, 1.82) is 0 Å². The molecule has 6 heteroatoms. The minimum atomic E-state index is -1.05. The van der Waals surface area contributed by atoms with Gasteiger partial charge in [0.25, 0.3) is 0 Å². The van der Waals surface area contributed by atoms with Gasteiger partial charge in [0.15, 0.2) is 5.69 Å². The highest BCUT2D eigenvalue weighted by Gasteiger charge is 2.09. The Hall–Kier alpha value is -2.21. The van der Waals surface area contributed by atoms with Crippen molar-refractivity contribution in [3.8, 4) is 0 Å². The number of aryl methyl sites for hydroxylation is 1. The molecule has 1 amide bonds. The van der Waals surface area contributed by atoms with Gasteiger partial charge in [0.1, 0.15) is 5.01 Å². The third kappa shape index (κ3) is 5.77. The molecular formula is C18H22N2O3S. The van der Waals surface area contributed by atoms with E-state index in [-0.39, 0.29) is 18.1 Å². The van der Waals surface area contributed by atoms with E-state index in [1.165, 1.54) is 22.3 Å². The van der Waals surface area contributed by atoms with E-state index < -0.39 is 5.97 Å². The van der Waals surface area contributed by atoms with Gasteiger partial charge < -0.3 is 10.4 Å². The van der Waals surface area contributed by atoms with Gasteiger partial charge in [0.2, 0.25) is 5.91 Å². The molecule has 0 radical (unpaired) electrons. The molecule has 0 fully saturated rings. The van der Waals surface area contributed by atoms with Crippen molar-refractivity contribution < 1.29 is 14.7 Å². The van der Waals surface area contributed by atoms with Crippen LogP contribution in [0.15, 0.2) is 29.6 Å². The highest BCUT2D eigenvalue weighted by Crippen LogP contribution is 2.12. The van der Waals surface area contributed by atoms with Crippen molar-refractivity contribution in [2.45, 2.75) is 39.7 Å². The van der Waals surface area contributed by atoms with Gasteiger partial charge >= 0.3 is 5.97 Å². The molecular weight excluding hydrogens is 324 g/mol. The number of carboxylic acids is 1. The molecule has 0 spiro atoms. The first-order valence-corrected chi connectivity index (χ1v) is 8.84. The van der Waals surface area contributed by atoms with E-state index in [1.807, 2.05) is 0 Å². The average molecular weight is 346 g/mol. The third-order valence-electron chi connectivity index (χ3n) is 3.52. The summed E-state index contributed by atoms with van der Waals surface area (Å²) in [5, 5.41) is 13.7. The summed E-state index contributed by atoms with van der Waals surface area (Å²) in [5.41, 5.74) is 2.47. The Morgan fingerprint density at radius 2 is 1.88 bits per heavy atom. The molecule has 1 heterocycles. The van der Waals surface area contributed by atoms with Crippen LogP contribution in [0.2, 0.25) is 0 Å². The number of carbonyl (C=O) groups is 2. The number of aromatic carboxylic acids is 1. The molecule has 0 saturated heterocycles. The van der Waals surface area contributed by atoms with Crippen molar-refractivity contribution in [3.63, 3.8) is 0 Å². The number of nitrogens with one attached hydrogen (secondary N) is 1. The number of benzene rings is 1. The highest BCUT2D eigenvalue weighted by atomic mass is 32.1. The van der Waals surface area contributed by atoms with Crippen molar-refractivity contribution in [2.75, 3.05) is 0 Å². The van der Waals surface area contributed by atoms with Gasteiger partial charge in [0, 0.05) is 11.8 Å². The largest absolute Gasteiger partial charge is 0.476 e. The van der Waals surface area contributed by atoms with Crippen molar-refractivity contribution >= 4 is 23.2 Å². The molecule has 0 aliphatic carbocycles. The summed E-state index contributed by atoms with van der Waals surface area (Å²) < 4.78 is 0. The zero-order valence-electron chi connectivity index (χ0n) is 13.9. The highest BCUT2D eigenvalue weighted by molar-refractivity contribution is 7.09. The number of thiazole rings is 1. The molecule has 0 aliphatic heterocycles. The van der Waals surface area contributed by atoms with Gasteiger partial charge in [-0.1, -0.05) is 38.1 Å². The van der Waals surface area contributed by atoms with Gasteiger partial charge in [-0.3, -0.25) is 4.79 Å². The topological polar surface area (TPSA) is 79.3 Å². The molecule has 5 nitrogen and oxygen atoms in total. The Morgan fingerprint density at radius 3 is 2.46 bits per heavy atom. The molecule has 2 aromatic rings. The van der Waals surface area contributed by atoms with E-state index in [2.05, 4.69) is 48.4 Å². The van der Waals surface area contributed by atoms with E-state index in [0.717, 1.165) is 12.0 Å². The maximum Gasteiger partial charge on any atom is 0.355 e. The zero-order valence-corrected chi connectivity index (χ0v) is 14.7. The normalized spacial score (nSPS) is 10.8. The van der Waals surface area contributed by atoms with Gasteiger partial charge in [-0.05, 0) is 29.9 Å². The lowest BCUT2D eigenvalue weighted by Gasteiger charge is -2.07. The first-order valence-electron chi connectivity index (χ1n) is 7.96. The van der Waals surface area contributed by atoms with Crippen LogP contribution in [0.25, 0.3) is 0 Å². The lowest BCUT2D eigenvalue weighted by atomic mass is 10.0. The Bertz CT molecular complexity index is 693. The minimum absolute atomic E-state index is 0.0192. The smallest absolute Gasteiger partial charge is 0.355 e. The number of rotatable bonds is 8. The molecule has 0 saturated carbocycles. The summed E-state index contributed by atoms with van der Waals surface area (Å²) in [7, 11) is 0. The molecule has 128 valence electrons. The van der Waals surface area contributed by atoms with E-state index >= 15 is 0 Å². The summed E-state index contributed by atoms with van der Waals surface area (Å²) in [6.45, 7) is 4.66. The SMILES string of the molecule is CC(C)Cc1ccc(CCC(=O)NCc2nc(C(=O)O)cs2)cc1. The fraction of sp³-hybridized carbons (Fsp3) is 0.389. The molecule has 0 aliphatic rings. The first kappa shape index (κ1) is 18.1. The van der Waals surface area contributed by atoms with Crippen LogP contribution >= 0.6 is 11.3 Å². The Morgan fingerprint density at radius 1 is 1.21 bits per heavy atom. The van der Waals surface area contributed by atoms with Crippen LogP contribution in [0.3, 0.4) is 0 Å². The predicted molar refractivity (Wildman–Crippen MR) is 94.2 cm³/mol. The van der Waals surface area contributed by atoms with Crippen LogP contribution < -0.4 is 5.32 Å². The number of nitrogens with zero attached hydrogens (tertiary/aromatic N) is 1. The van der Waals surface area contributed by atoms with Crippen LogP contribution in [-0.2, 0) is 24.2 Å². The molecule has 2 N–H and O–H groups in total. The summed E-state index contributed by atoms with van der Waals surface area (Å²) >= 11 is 1.23. The van der Waals surface area contributed by atoms with Gasteiger partial charge in [-0.25, -0.2) is 9.78 Å². The molecule has 1 aromatic heterocycles. The Balaban J connectivity index is 1.75. The van der Waals surface area contributed by atoms with Crippen LogP contribution in [0.4, 0.5) is 0 Å². The second-order valence-electron chi connectivity index (χ2n) is 6.12. The van der Waals surface area contributed by atoms with Gasteiger partial charge in [0.05, 0.1) is 6.54 Å². The lowest BCUT2D eigenvalue weighted by molar-refractivity contribution is -0.121. The fourth-order valence-electron chi connectivity index (χ4n) is 2.32. The maximum absolute atomic E-state index is 11.9.